The number of methoxy groups -OCH3 is 4. The lowest BCUT2D eigenvalue weighted by Crippen LogP contribution is -2.37. The number of benzene rings is 2. The van der Waals surface area contributed by atoms with Crippen molar-refractivity contribution < 1.29 is 23.7 Å². The van der Waals surface area contributed by atoms with Gasteiger partial charge in [0.2, 0.25) is 5.91 Å². The Hall–Kier alpha value is -2.89. The van der Waals surface area contributed by atoms with Crippen molar-refractivity contribution >= 4 is 5.91 Å². The molecule has 2 heterocycles. The number of carbonyl (C=O) groups excluding carboxylic acids is 1. The van der Waals surface area contributed by atoms with Crippen LogP contribution in [0.2, 0.25) is 0 Å². The standard InChI is InChI=1S/C21H23NO5/c1-24-17-5-12-7-21(23)22-10-13-6-18(25-2)20(27-4)9-15(13)16(11-22)14(12)8-19(17)26-3/h5-6,8-9,16H,7,10-11H2,1-4H3. The van der Waals surface area contributed by atoms with Crippen LogP contribution in [0.1, 0.15) is 28.2 Å². The molecule has 0 fully saturated rings. The summed E-state index contributed by atoms with van der Waals surface area (Å²) in [4.78, 5) is 14.7. The molecule has 27 heavy (non-hydrogen) atoms. The van der Waals surface area contributed by atoms with E-state index in [-0.39, 0.29) is 11.8 Å². The Morgan fingerprint density at radius 3 is 1.81 bits per heavy atom. The molecule has 0 saturated carbocycles. The zero-order valence-corrected chi connectivity index (χ0v) is 16.0. The maximum absolute atomic E-state index is 12.8. The van der Waals surface area contributed by atoms with Crippen molar-refractivity contribution in [2.24, 2.45) is 0 Å². The molecule has 1 atom stereocenters. The van der Waals surface area contributed by atoms with Crippen molar-refractivity contribution in [3.8, 4) is 23.0 Å². The minimum Gasteiger partial charge on any atom is -0.493 e. The minimum absolute atomic E-state index is 0.0508. The van der Waals surface area contributed by atoms with Crippen molar-refractivity contribution in [3.05, 3.63) is 46.5 Å². The first-order chi connectivity index (χ1) is 13.1. The summed E-state index contributed by atoms with van der Waals surface area (Å²) in [6.07, 6.45) is 0.356. The fourth-order valence-electron chi connectivity index (χ4n) is 4.13. The molecule has 2 aliphatic rings. The second-order valence-corrected chi connectivity index (χ2v) is 6.82. The van der Waals surface area contributed by atoms with E-state index < -0.39 is 0 Å². The second kappa shape index (κ2) is 6.68. The molecule has 4 rings (SSSR count). The highest BCUT2D eigenvalue weighted by Gasteiger charge is 2.35. The van der Waals surface area contributed by atoms with Gasteiger partial charge in [-0.1, -0.05) is 0 Å². The van der Waals surface area contributed by atoms with Gasteiger partial charge in [-0.15, -0.1) is 0 Å². The van der Waals surface area contributed by atoms with E-state index in [0.29, 0.717) is 42.5 Å². The van der Waals surface area contributed by atoms with Crippen molar-refractivity contribution in [1.82, 2.24) is 4.90 Å². The SMILES string of the molecule is COc1cc2c(cc1OC)C1CN(Cc3cc(OC)c(OC)cc31)C(=O)C2. The lowest BCUT2D eigenvalue weighted by atomic mass is 9.83. The Balaban J connectivity index is 1.93. The Labute approximate surface area is 158 Å². The molecule has 2 aromatic carbocycles. The molecule has 1 unspecified atom stereocenters. The zero-order valence-electron chi connectivity index (χ0n) is 16.0. The summed E-state index contributed by atoms with van der Waals surface area (Å²) in [6, 6.07) is 7.94. The Morgan fingerprint density at radius 2 is 1.26 bits per heavy atom. The molecule has 2 aliphatic heterocycles. The largest absolute Gasteiger partial charge is 0.493 e. The van der Waals surface area contributed by atoms with Crippen molar-refractivity contribution in [3.63, 3.8) is 0 Å². The Kier molecular flexibility index (Phi) is 4.34. The normalized spacial score (nSPS) is 17.6. The van der Waals surface area contributed by atoms with E-state index in [1.54, 1.807) is 28.4 Å². The number of fused-ring (bicyclic) bond motifs is 6. The van der Waals surface area contributed by atoms with Crippen LogP contribution in [0.25, 0.3) is 0 Å². The number of rotatable bonds is 4. The first-order valence-corrected chi connectivity index (χ1v) is 8.87. The van der Waals surface area contributed by atoms with Crippen LogP contribution < -0.4 is 18.9 Å². The number of carbonyl (C=O) groups is 1. The van der Waals surface area contributed by atoms with Crippen molar-refractivity contribution in [2.45, 2.75) is 18.9 Å². The molecular weight excluding hydrogens is 346 g/mol. The molecule has 142 valence electrons. The third kappa shape index (κ3) is 2.76. The smallest absolute Gasteiger partial charge is 0.227 e. The monoisotopic (exact) mass is 369 g/mol. The predicted octanol–water partition coefficient (Wildman–Crippen LogP) is 2.75. The van der Waals surface area contributed by atoms with E-state index >= 15 is 0 Å². The van der Waals surface area contributed by atoms with Crippen LogP contribution in [0.3, 0.4) is 0 Å². The van der Waals surface area contributed by atoms with Crippen LogP contribution in [-0.4, -0.2) is 45.8 Å². The van der Waals surface area contributed by atoms with Gasteiger partial charge in [0, 0.05) is 19.0 Å². The van der Waals surface area contributed by atoms with Crippen LogP contribution in [0, 0.1) is 0 Å². The quantitative estimate of drug-likeness (QED) is 0.829. The van der Waals surface area contributed by atoms with E-state index in [1.165, 1.54) is 0 Å². The van der Waals surface area contributed by atoms with Gasteiger partial charge in [0.25, 0.3) is 0 Å². The summed E-state index contributed by atoms with van der Waals surface area (Å²) in [7, 11) is 6.49. The van der Waals surface area contributed by atoms with Crippen molar-refractivity contribution in [1.29, 1.82) is 0 Å². The maximum atomic E-state index is 12.8. The van der Waals surface area contributed by atoms with E-state index in [9.17, 15) is 4.79 Å². The highest BCUT2D eigenvalue weighted by molar-refractivity contribution is 5.81. The first-order valence-electron chi connectivity index (χ1n) is 8.87. The topological polar surface area (TPSA) is 57.2 Å². The van der Waals surface area contributed by atoms with Crippen LogP contribution in [0.15, 0.2) is 24.3 Å². The molecule has 0 spiro atoms. The van der Waals surface area contributed by atoms with E-state index in [2.05, 4.69) is 0 Å². The molecule has 0 aromatic heterocycles. The second-order valence-electron chi connectivity index (χ2n) is 6.82. The van der Waals surface area contributed by atoms with Gasteiger partial charge in [-0.2, -0.15) is 0 Å². The fraction of sp³-hybridized carbons (Fsp3) is 0.381. The van der Waals surface area contributed by atoms with Crippen LogP contribution in [0.4, 0.5) is 0 Å². The lowest BCUT2D eigenvalue weighted by Gasteiger charge is -2.33. The summed E-state index contributed by atoms with van der Waals surface area (Å²) in [5, 5.41) is 0. The minimum atomic E-state index is 0.0508. The Morgan fingerprint density at radius 1 is 0.778 bits per heavy atom. The Bertz CT molecular complexity index is 908. The molecule has 2 bridgehead atoms. The summed E-state index contributed by atoms with van der Waals surface area (Å²) >= 11 is 0. The number of amides is 1. The van der Waals surface area contributed by atoms with Gasteiger partial charge in [0.1, 0.15) is 0 Å². The maximum Gasteiger partial charge on any atom is 0.227 e. The molecule has 0 aliphatic carbocycles. The third-order valence-electron chi connectivity index (χ3n) is 5.50. The van der Waals surface area contributed by atoms with E-state index in [4.69, 9.17) is 18.9 Å². The average molecular weight is 369 g/mol. The predicted molar refractivity (Wildman–Crippen MR) is 100 cm³/mol. The van der Waals surface area contributed by atoms with Crippen LogP contribution >= 0.6 is 0 Å². The average Bonchev–Trinajstić information content (AvgIpc) is 2.81. The third-order valence-corrected chi connectivity index (χ3v) is 5.50. The highest BCUT2D eigenvalue weighted by atomic mass is 16.5. The van der Waals surface area contributed by atoms with Gasteiger partial charge in [-0.05, 0) is 46.5 Å². The van der Waals surface area contributed by atoms with Gasteiger partial charge in [0.15, 0.2) is 23.0 Å². The molecule has 1 amide bonds. The number of hydrogen-bond acceptors (Lipinski definition) is 5. The lowest BCUT2D eigenvalue weighted by molar-refractivity contribution is -0.131. The molecule has 6 heteroatoms. The first kappa shape index (κ1) is 17.5. The van der Waals surface area contributed by atoms with Gasteiger partial charge < -0.3 is 23.8 Å². The summed E-state index contributed by atoms with van der Waals surface area (Å²) in [5.74, 6) is 2.85. The number of nitrogens with zero attached hydrogens (tertiary/aromatic N) is 1. The zero-order chi connectivity index (χ0) is 19.1. The van der Waals surface area contributed by atoms with Gasteiger partial charge in [-0.3, -0.25) is 4.79 Å². The molecule has 0 radical (unpaired) electrons. The highest BCUT2D eigenvalue weighted by Crippen LogP contribution is 2.45. The summed E-state index contributed by atoms with van der Waals surface area (Å²) < 4.78 is 21.9. The van der Waals surface area contributed by atoms with Gasteiger partial charge in [-0.25, -0.2) is 0 Å². The number of hydrogen-bond donors (Lipinski definition) is 0. The van der Waals surface area contributed by atoms with Crippen molar-refractivity contribution in [2.75, 3.05) is 35.0 Å². The van der Waals surface area contributed by atoms with Crippen LogP contribution in [0.5, 0.6) is 23.0 Å². The number of ether oxygens (including phenoxy) is 4. The summed E-state index contributed by atoms with van der Waals surface area (Å²) in [6.45, 7) is 1.22. The molecule has 0 saturated heterocycles. The molecule has 0 N–H and O–H groups in total. The van der Waals surface area contributed by atoms with Gasteiger partial charge >= 0.3 is 0 Å². The molecule has 2 aromatic rings. The van der Waals surface area contributed by atoms with Gasteiger partial charge in [0.05, 0.1) is 34.9 Å². The molecule has 6 nitrogen and oxygen atoms in total. The fourth-order valence-corrected chi connectivity index (χ4v) is 4.13. The van der Waals surface area contributed by atoms with Crippen LogP contribution in [-0.2, 0) is 17.8 Å². The van der Waals surface area contributed by atoms with E-state index in [0.717, 1.165) is 22.3 Å². The van der Waals surface area contributed by atoms with E-state index in [1.807, 2.05) is 29.2 Å². The summed E-state index contributed by atoms with van der Waals surface area (Å²) in [5.41, 5.74) is 4.32. The molecular formula is C21H23NO5.